The standard InChI is InChI=1S/C10H14N2O/c1-2-8-3-4-11-9-6-13-7-10(9)12(8)5-1/h6-8,11H,1-5H2. The third-order valence-electron chi connectivity index (χ3n) is 3.12. The molecule has 0 bridgehead atoms. The Bertz CT molecular complexity index is 308. The number of hydrogen-bond acceptors (Lipinski definition) is 3. The van der Waals surface area contributed by atoms with Crippen molar-refractivity contribution in [2.45, 2.75) is 25.3 Å². The van der Waals surface area contributed by atoms with E-state index in [0.29, 0.717) is 0 Å². The Morgan fingerprint density at radius 3 is 3.38 bits per heavy atom. The van der Waals surface area contributed by atoms with Crippen molar-refractivity contribution < 1.29 is 4.42 Å². The largest absolute Gasteiger partial charge is 0.468 e. The van der Waals surface area contributed by atoms with Gasteiger partial charge in [-0.15, -0.1) is 0 Å². The van der Waals surface area contributed by atoms with Crippen LogP contribution in [0.4, 0.5) is 11.4 Å². The van der Waals surface area contributed by atoms with Crippen LogP contribution in [0.5, 0.6) is 0 Å². The summed E-state index contributed by atoms with van der Waals surface area (Å²) in [5, 5.41) is 3.40. The van der Waals surface area contributed by atoms with Gasteiger partial charge >= 0.3 is 0 Å². The number of hydrogen-bond donors (Lipinski definition) is 1. The lowest BCUT2D eigenvalue weighted by Crippen LogP contribution is -2.28. The fraction of sp³-hybridized carbons (Fsp3) is 0.600. The van der Waals surface area contributed by atoms with Crippen molar-refractivity contribution >= 4 is 11.4 Å². The maximum atomic E-state index is 5.23. The Morgan fingerprint density at radius 2 is 2.38 bits per heavy atom. The number of nitrogens with zero attached hydrogens (tertiary/aromatic N) is 1. The summed E-state index contributed by atoms with van der Waals surface area (Å²) >= 11 is 0. The summed E-state index contributed by atoms with van der Waals surface area (Å²) in [6, 6.07) is 0.742. The molecule has 2 aliphatic heterocycles. The van der Waals surface area contributed by atoms with E-state index in [4.69, 9.17) is 4.42 Å². The smallest absolute Gasteiger partial charge is 0.116 e. The van der Waals surface area contributed by atoms with E-state index in [1.165, 1.54) is 37.2 Å². The third-order valence-corrected chi connectivity index (χ3v) is 3.12. The number of furan rings is 1. The van der Waals surface area contributed by atoms with Crippen LogP contribution < -0.4 is 10.2 Å². The van der Waals surface area contributed by atoms with E-state index in [1.54, 1.807) is 0 Å². The molecule has 1 aromatic heterocycles. The van der Waals surface area contributed by atoms with Gasteiger partial charge in [-0.2, -0.15) is 0 Å². The normalized spacial score (nSPS) is 26.2. The SMILES string of the molecule is c1occ2c1NCCC1CCCN21. The molecule has 0 aliphatic carbocycles. The first-order valence-electron chi connectivity index (χ1n) is 5.02. The first kappa shape index (κ1) is 7.30. The van der Waals surface area contributed by atoms with Crippen molar-refractivity contribution in [3.05, 3.63) is 12.5 Å². The van der Waals surface area contributed by atoms with Crippen molar-refractivity contribution in [2.24, 2.45) is 0 Å². The summed E-state index contributed by atoms with van der Waals surface area (Å²) in [4.78, 5) is 2.48. The van der Waals surface area contributed by atoms with Gasteiger partial charge in [0.1, 0.15) is 12.5 Å². The van der Waals surface area contributed by atoms with Gasteiger partial charge in [0.25, 0.3) is 0 Å². The van der Waals surface area contributed by atoms with Crippen LogP contribution >= 0.6 is 0 Å². The zero-order valence-electron chi connectivity index (χ0n) is 7.62. The molecular weight excluding hydrogens is 164 g/mol. The number of nitrogens with one attached hydrogen (secondary N) is 1. The summed E-state index contributed by atoms with van der Waals surface area (Å²) < 4.78 is 5.23. The maximum absolute atomic E-state index is 5.23. The Labute approximate surface area is 77.7 Å². The fourth-order valence-electron chi connectivity index (χ4n) is 2.47. The summed E-state index contributed by atoms with van der Waals surface area (Å²) in [5.74, 6) is 0. The molecule has 1 saturated heterocycles. The Kier molecular flexibility index (Phi) is 1.51. The molecule has 3 nitrogen and oxygen atoms in total. The molecule has 1 N–H and O–H groups in total. The molecule has 0 saturated carbocycles. The van der Waals surface area contributed by atoms with Crippen molar-refractivity contribution in [3.63, 3.8) is 0 Å². The summed E-state index contributed by atoms with van der Waals surface area (Å²) in [6.45, 7) is 2.27. The first-order chi connectivity index (χ1) is 6.45. The molecule has 13 heavy (non-hydrogen) atoms. The van der Waals surface area contributed by atoms with Gasteiger partial charge in [0.2, 0.25) is 0 Å². The highest BCUT2D eigenvalue weighted by molar-refractivity contribution is 5.69. The second-order valence-electron chi connectivity index (χ2n) is 3.88. The van der Waals surface area contributed by atoms with Crippen molar-refractivity contribution in [3.8, 4) is 0 Å². The molecular formula is C10H14N2O. The van der Waals surface area contributed by atoms with Crippen molar-refractivity contribution in [1.82, 2.24) is 0 Å². The second-order valence-corrected chi connectivity index (χ2v) is 3.88. The molecule has 2 aliphatic rings. The summed E-state index contributed by atoms with van der Waals surface area (Å²) in [5.41, 5.74) is 2.43. The van der Waals surface area contributed by atoms with Gasteiger partial charge in [-0.05, 0) is 19.3 Å². The van der Waals surface area contributed by atoms with Crippen LogP contribution in [-0.4, -0.2) is 19.1 Å². The molecule has 3 heteroatoms. The van der Waals surface area contributed by atoms with E-state index in [1.807, 2.05) is 12.5 Å². The van der Waals surface area contributed by atoms with E-state index in [9.17, 15) is 0 Å². The molecule has 70 valence electrons. The lowest BCUT2D eigenvalue weighted by molar-refractivity contribution is 0.560. The Morgan fingerprint density at radius 1 is 1.38 bits per heavy atom. The van der Waals surface area contributed by atoms with Gasteiger partial charge in [0.05, 0.1) is 11.4 Å². The van der Waals surface area contributed by atoms with Crippen LogP contribution in [0.15, 0.2) is 16.9 Å². The number of rotatable bonds is 0. The Balaban J connectivity index is 2.02. The highest BCUT2D eigenvalue weighted by atomic mass is 16.3. The van der Waals surface area contributed by atoms with E-state index in [0.717, 1.165) is 12.6 Å². The second kappa shape index (κ2) is 2.69. The number of fused-ring (bicyclic) bond motifs is 3. The quantitative estimate of drug-likeness (QED) is 0.659. The first-order valence-corrected chi connectivity index (χ1v) is 5.02. The summed E-state index contributed by atoms with van der Waals surface area (Å²) in [6.07, 6.45) is 7.61. The maximum Gasteiger partial charge on any atom is 0.116 e. The van der Waals surface area contributed by atoms with Gasteiger partial charge in [0.15, 0.2) is 0 Å². The van der Waals surface area contributed by atoms with Crippen LogP contribution in [0.3, 0.4) is 0 Å². The Hall–Kier alpha value is -1.12. The van der Waals surface area contributed by atoms with Gasteiger partial charge in [-0.3, -0.25) is 0 Å². The molecule has 3 heterocycles. The van der Waals surface area contributed by atoms with Gasteiger partial charge in [0, 0.05) is 19.1 Å². The minimum atomic E-state index is 0.742. The van der Waals surface area contributed by atoms with Crippen LogP contribution in [-0.2, 0) is 0 Å². The van der Waals surface area contributed by atoms with E-state index < -0.39 is 0 Å². The number of anilines is 2. The van der Waals surface area contributed by atoms with Gasteiger partial charge < -0.3 is 14.6 Å². The molecule has 1 atom stereocenters. The molecule has 0 amide bonds. The molecule has 1 fully saturated rings. The van der Waals surface area contributed by atoms with Crippen LogP contribution in [0.1, 0.15) is 19.3 Å². The molecule has 0 radical (unpaired) electrons. The minimum Gasteiger partial charge on any atom is -0.468 e. The highest BCUT2D eigenvalue weighted by Gasteiger charge is 2.29. The van der Waals surface area contributed by atoms with Gasteiger partial charge in [-0.25, -0.2) is 0 Å². The average Bonchev–Trinajstić information content (AvgIpc) is 2.72. The lowest BCUT2D eigenvalue weighted by Gasteiger charge is -2.22. The molecule has 1 unspecified atom stereocenters. The topological polar surface area (TPSA) is 28.4 Å². The van der Waals surface area contributed by atoms with Gasteiger partial charge in [-0.1, -0.05) is 0 Å². The predicted molar refractivity (Wildman–Crippen MR) is 52.2 cm³/mol. The highest BCUT2D eigenvalue weighted by Crippen LogP contribution is 2.36. The van der Waals surface area contributed by atoms with Crippen molar-refractivity contribution in [2.75, 3.05) is 23.3 Å². The minimum absolute atomic E-state index is 0.742. The van der Waals surface area contributed by atoms with E-state index in [2.05, 4.69) is 10.2 Å². The molecule has 0 aromatic carbocycles. The lowest BCUT2D eigenvalue weighted by atomic mass is 10.1. The fourth-order valence-corrected chi connectivity index (χ4v) is 2.47. The van der Waals surface area contributed by atoms with Crippen LogP contribution in [0, 0.1) is 0 Å². The zero-order valence-corrected chi connectivity index (χ0v) is 7.62. The average molecular weight is 178 g/mol. The predicted octanol–water partition coefficient (Wildman–Crippen LogP) is 2.06. The summed E-state index contributed by atoms with van der Waals surface area (Å²) in [7, 11) is 0. The van der Waals surface area contributed by atoms with Crippen LogP contribution in [0.25, 0.3) is 0 Å². The van der Waals surface area contributed by atoms with E-state index >= 15 is 0 Å². The molecule has 0 spiro atoms. The zero-order chi connectivity index (χ0) is 8.67. The molecule has 1 aromatic rings. The van der Waals surface area contributed by atoms with Crippen LogP contribution in [0.2, 0.25) is 0 Å². The third kappa shape index (κ3) is 1.03. The monoisotopic (exact) mass is 178 g/mol. The van der Waals surface area contributed by atoms with E-state index in [-0.39, 0.29) is 0 Å². The van der Waals surface area contributed by atoms with Crippen molar-refractivity contribution in [1.29, 1.82) is 0 Å². The molecule has 3 rings (SSSR count).